The highest BCUT2D eigenvalue weighted by Crippen LogP contribution is 2.42. The van der Waals surface area contributed by atoms with E-state index < -0.39 is 53.5 Å². The van der Waals surface area contributed by atoms with Gasteiger partial charge in [-0.1, -0.05) is 48.5 Å². The van der Waals surface area contributed by atoms with Crippen LogP contribution in [-0.4, -0.2) is 171 Å². The molecule has 5 heterocycles. The zero-order chi connectivity index (χ0) is 68.1. The lowest BCUT2D eigenvalue weighted by atomic mass is 9.94. The van der Waals surface area contributed by atoms with Gasteiger partial charge in [0.2, 0.25) is 6.29 Å². The van der Waals surface area contributed by atoms with E-state index in [4.69, 9.17) is 57.2 Å². The molecule has 12 rings (SSSR count). The molecule has 5 aliphatic rings. The summed E-state index contributed by atoms with van der Waals surface area (Å²) in [5, 5.41) is 41.3. The molecule has 6 N–H and O–H groups in total. The first kappa shape index (κ1) is 67.7. The lowest BCUT2D eigenvalue weighted by molar-refractivity contribution is -0.916. The Balaban J connectivity index is 0.773. The van der Waals surface area contributed by atoms with Crippen LogP contribution in [0.2, 0.25) is 0 Å². The Morgan fingerprint density at radius 3 is 1.71 bits per heavy atom. The number of Topliss-reactive ketones (excluding diaryl/α,β-unsaturated/α-hetero) is 1. The largest absolute Gasteiger partial charge is 0.501 e. The number of methoxy groups -OCH3 is 2. The fraction of sp³-hybridized carbons (Fsp3) is 0.347. The lowest BCUT2D eigenvalue weighted by Crippen LogP contribution is -2.60. The first-order valence-electron chi connectivity index (χ1n) is 31.9. The highest BCUT2D eigenvalue weighted by molar-refractivity contribution is 7.82. The molecular weight excluding hydrogens is 1270 g/mol. The Kier molecular flexibility index (Phi) is 20.4. The minimum Gasteiger partial charge on any atom is -0.493 e. The molecule has 0 bridgehead atoms. The van der Waals surface area contributed by atoms with Crippen LogP contribution >= 0.6 is 0 Å². The molecular formula is C72H77N6O18S+. The van der Waals surface area contributed by atoms with Crippen LogP contribution in [0.15, 0.2) is 143 Å². The van der Waals surface area contributed by atoms with Crippen molar-refractivity contribution >= 4 is 51.8 Å². The van der Waals surface area contributed by atoms with Crippen LogP contribution < -0.4 is 37.8 Å². The normalized spacial score (nSPS) is 20.2. The fourth-order valence-electron chi connectivity index (χ4n) is 12.8. The predicted octanol–water partition coefficient (Wildman–Crippen LogP) is 7.02. The van der Waals surface area contributed by atoms with Gasteiger partial charge in [0.15, 0.2) is 40.3 Å². The van der Waals surface area contributed by atoms with Gasteiger partial charge in [-0.25, -0.2) is 0 Å². The lowest BCUT2D eigenvalue weighted by Gasteiger charge is -2.39. The standard InChI is InChI=1S/C72H77N6O18S/c1-78(2,38-43-15-18-54(19-16-43)95-97(86,87)96-65-29-49(59(80)14-9-22-90-23-21-73)17-20-60(65)93-72-69(83)68(82)67(81)66(40-79)94-72)39-44-24-45(41-91-63-32-57-55(30-61(63)88-3)70(84)76-36-50-12-7-5-10-47(50)27-52(76)34-74-57)26-46(25-44)42-92-64-33-58-56(31-62(64)89-4)71(85)77-37-51-13-8-6-11-48(51)28-53(77)35-75-58/h5-8,10-13,15-20,24-26,29-35,52-53,66-69,72,79,81-83H,9,14,21-23,27-28,36-42,73H2,1-4H3/q+1/t52-,53-,66+,67-,68-,69+,72?/m0/s1. The van der Waals surface area contributed by atoms with Crippen LogP contribution in [0.1, 0.15) is 88.4 Å². The van der Waals surface area contributed by atoms with Crippen molar-refractivity contribution in [1.82, 2.24) is 9.80 Å². The molecule has 0 saturated carbocycles. The minimum atomic E-state index is -5.00. The number of ketones is 1. The van der Waals surface area contributed by atoms with Crippen LogP contribution in [0.25, 0.3) is 0 Å². The number of amides is 2. The summed E-state index contributed by atoms with van der Waals surface area (Å²) < 4.78 is 80.4. The molecule has 7 aromatic carbocycles. The maximum absolute atomic E-state index is 14.2. The molecule has 0 aromatic heterocycles. The van der Waals surface area contributed by atoms with Crippen LogP contribution in [0.3, 0.4) is 0 Å². The summed E-state index contributed by atoms with van der Waals surface area (Å²) in [6.07, 6.45) is -3.14. The van der Waals surface area contributed by atoms with Crippen LogP contribution in [-0.2, 0) is 72.1 Å². The van der Waals surface area contributed by atoms with E-state index in [-0.39, 0.29) is 73.0 Å². The van der Waals surface area contributed by atoms with Crippen LogP contribution in [0, 0.1) is 0 Å². The number of aliphatic hydroxyl groups is 4. The topological polar surface area (TPSA) is 307 Å². The van der Waals surface area contributed by atoms with E-state index in [9.17, 15) is 43.2 Å². The zero-order valence-electron chi connectivity index (χ0n) is 54.0. The first-order valence-corrected chi connectivity index (χ1v) is 33.2. The number of quaternary nitrogens is 1. The molecule has 2 amide bonds. The second kappa shape index (κ2) is 29.2. The van der Waals surface area contributed by atoms with Gasteiger partial charge in [-0.05, 0) is 125 Å². The quantitative estimate of drug-likeness (QED) is 0.0206. The maximum Gasteiger partial charge on any atom is 0.501 e. The molecule has 0 aliphatic carbocycles. The van der Waals surface area contributed by atoms with Gasteiger partial charge >= 0.3 is 10.4 Å². The van der Waals surface area contributed by atoms with Gasteiger partial charge in [0, 0.05) is 73.9 Å². The van der Waals surface area contributed by atoms with Gasteiger partial charge in [-0.15, -0.1) is 8.42 Å². The number of carbonyl (C=O) groups is 3. The van der Waals surface area contributed by atoms with E-state index in [1.165, 1.54) is 49.6 Å². The fourth-order valence-corrected chi connectivity index (χ4v) is 13.5. The van der Waals surface area contributed by atoms with Crippen molar-refractivity contribution in [2.45, 2.75) is 108 Å². The smallest absolute Gasteiger partial charge is 0.493 e. The molecule has 7 atom stereocenters. The number of fused-ring (bicyclic) bond motifs is 6. The third-order valence-corrected chi connectivity index (χ3v) is 18.4. The van der Waals surface area contributed by atoms with Crippen molar-refractivity contribution in [3.63, 3.8) is 0 Å². The SMILES string of the molecule is COc1cc2c(cc1OCc1cc(COc3cc4c(cc3OC)C(=O)N3Cc5ccccc5C[C@H]3C=N4)cc(C[N+](C)(C)Cc3ccc(OS(=O)(=O)Oc4cc(C(=O)CCCOCCN)ccc4OC4O[C@H](CO)[C@H](O)[C@H](O)[C@H]4O)cc3)c1)N=C[C@@H]1Cc3ccccc3CN1C2=O. The number of hydrogen-bond acceptors (Lipinski definition) is 21. The number of hydrogen-bond donors (Lipinski definition) is 5. The molecule has 1 unspecified atom stereocenters. The van der Waals surface area contributed by atoms with Gasteiger partial charge in [0.25, 0.3) is 11.8 Å². The molecule has 97 heavy (non-hydrogen) atoms. The number of aliphatic hydroxyl groups excluding tert-OH is 4. The van der Waals surface area contributed by atoms with Gasteiger partial charge in [0.05, 0.1) is 76.1 Å². The third-order valence-electron chi connectivity index (χ3n) is 17.6. The minimum absolute atomic E-state index is 0.0229. The van der Waals surface area contributed by atoms with E-state index in [0.717, 1.165) is 39.4 Å². The van der Waals surface area contributed by atoms with Gasteiger partial charge in [0.1, 0.15) is 56.5 Å². The number of carbonyl (C=O) groups excluding carboxylic acids is 3. The highest BCUT2D eigenvalue weighted by Gasteiger charge is 2.45. The molecule has 24 nitrogen and oxygen atoms in total. The Morgan fingerprint density at radius 2 is 1.16 bits per heavy atom. The van der Waals surface area contributed by atoms with Gasteiger partial charge in [-0.3, -0.25) is 24.4 Å². The van der Waals surface area contributed by atoms with E-state index >= 15 is 0 Å². The Morgan fingerprint density at radius 1 is 0.619 bits per heavy atom. The molecule has 5 aliphatic heterocycles. The first-order chi connectivity index (χ1) is 46.8. The Labute approximate surface area is 561 Å². The van der Waals surface area contributed by atoms with E-state index in [1.807, 2.05) is 90.9 Å². The van der Waals surface area contributed by atoms with Crippen molar-refractivity contribution in [2.75, 3.05) is 54.7 Å². The second-order valence-electron chi connectivity index (χ2n) is 25.2. The average Bonchev–Trinajstić information content (AvgIpc) is 1.65. The molecule has 1 saturated heterocycles. The highest BCUT2D eigenvalue weighted by atomic mass is 32.3. The summed E-state index contributed by atoms with van der Waals surface area (Å²) in [5.41, 5.74) is 15.1. The summed E-state index contributed by atoms with van der Waals surface area (Å²) in [6.45, 7) is 2.08. The maximum atomic E-state index is 14.2. The molecule has 0 radical (unpaired) electrons. The molecule has 7 aromatic rings. The monoisotopic (exact) mass is 1350 g/mol. The Hall–Kier alpha value is -9.28. The van der Waals surface area contributed by atoms with Crippen molar-refractivity contribution in [1.29, 1.82) is 0 Å². The van der Waals surface area contributed by atoms with Crippen molar-refractivity contribution in [2.24, 2.45) is 15.7 Å². The number of benzene rings is 7. The van der Waals surface area contributed by atoms with Crippen LogP contribution in [0.5, 0.6) is 40.2 Å². The molecule has 25 heteroatoms. The summed E-state index contributed by atoms with van der Waals surface area (Å²) in [4.78, 5) is 55.2. The van der Waals surface area contributed by atoms with Crippen LogP contribution in [0.4, 0.5) is 11.4 Å². The van der Waals surface area contributed by atoms with Gasteiger partial charge < -0.3 is 82.0 Å². The van der Waals surface area contributed by atoms with Crippen molar-refractivity contribution in [3.05, 3.63) is 195 Å². The van der Waals surface area contributed by atoms with Crippen molar-refractivity contribution in [3.8, 4) is 40.2 Å². The summed E-state index contributed by atoms with van der Waals surface area (Å²) in [5.74, 6) is -0.219. The molecule has 0 spiro atoms. The second-order valence-corrected chi connectivity index (χ2v) is 26.3. The number of aliphatic imine (C=N–C) groups is 2. The molecule has 1 fully saturated rings. The number of ether oxygens (including phenoxy) is 7. The van der Waals surface area contributed by atoms with E-state index in [0.29, 0.717) is 109 Å². The van der Waals surface area contributed by atoms with E-state index in [1.54, 1.807) is 36.4 Å². The van der Waals surface area contributed by atoms with E-state index in [2.05, 4.69) is 12.1 Å². The number of rotatable bonds is 26. The third kappa shape index (κ3) is 15.4. The van der Waals surface area contributed by atoms with Crippen molar-refractivity contribution < 1.29 is 89.2 Å². The predicted molar refractivity (Wildman–Crippen MR) is 355 cm³/mol. The Bertz CT molecular complexity index is 4100. The zero-order valence-corrected chi connectivity index (χ0v) is 54.8. The summed E-state index contributed by atoms with van der Waals surface area (Å²) >= 11 is 0. The average molecular weight is 1350 g/mol. The summed E-state index contributed by atoms with van der Waals surface area (Å²) in [6, 6.07) is 38.7. The number of nitrogens with two attached hydrogens (primary N) is 1. The molecule has 508 valence electrons. The number of nitrogens with zero attached hydrogens (tertiary/aromatic N) is 5. The summed E-state index contributed by atoms with van der Waals surface area (Å²) in [7, 11) is 2.14. The van der Waals surface area contributed by atoms with Gasteiger partial charge in [-0.2, -0.15) is 0 Å².